The molecule has 0 N–H and O–H groups in total. The molecule has 1 saturated carbocycles. The Labute approximate surface area is 319 Å². The van der Waals surface area contributed by atoms with Crippen LogP contribution in [0.4, 0.5) is 5.82 Å². The second kappa shape index (κ2) is 17.5. The van der Waals surface area contributed by atoms with Crippen molar-refractivity contribution in [2.45, 2.75) is 95.0 Å². The Hall–Kier alpha value is -2.95. The number of benzene rings is 1. The largest absolute Gasteiger partial charge is 0.469 e. The summed E-state index contributed by atoms with van der Waals surface area (Å²) in [5.74, 6) is 0.722. The lowest BCUT2D eigenvalue weighted by Crippen LogP contribution is -2.38. The lowest BCUT2D eigenvalue weighted by atomic mass is 9.75. The maximum atomic E-state index is 12.3. The molecule has 1 aliphatic rings. The van der Waals surface area contributed by atoms with Gasteiger partial charge in [-0.25, -0.2) is 4.98 Å². The highest BCUT2D eigenvalue weighted by Gasteiger charge is 2.40. The first-order valence-corrected chi connectivity index (χ1v) is 26.5. The molecule has 0 aliphatic heterocycles. The molecule has 3 heterocycles. The number of pyridine rings is 1. The molecule has 3 aromatic heterocycles. The number of aromatic nitrogens is 4. The van der Waals surface area contributed by atoms with Crippen molar-refractivity contribution in [3.8, 4) is 22.4 Å². The molecule has 0 radical (unpaired) electrons. The summed E-state index contributed by atoms with van der Waals surface area (Å²) >= 11 is 4.04. The molecule has 0 atom stereocenters. The smallest absolute Gasteiger partial charge is 0.308 e. The molecule has 0 unspecified atom stereocenters. The number of fused-ring (bicyclic) bond motifs is 1. The van der Waals surface area contributed by atoms with Gasteiger partial charge in [-0.05, 0) is 59.8 Å². The fourth-order valence-corrected chi connectivity index (χ4v) is 8.87. The SMILES string of the molecule is COC(=O)C[C@]1(OC)CC[C@@H](c2nc3c(-c4ccc(-c5ccccc5)nc4)cnn3c(N(COCC[Si](C)(C)C)COCC[Si](C)(C)C)c2Br)CC1. The number of nitrogens with zero attached hydrogens (tertiary/aromatic N) is 5. The van der Waals surface area contributed by atoms with E-state index >= 15 is 0 Å². The summed E-state index contributed by atoms with van der Waals surface area (Å²) in [6, 6.07) is 16.5. The van der Waals surface area contributed by atoms with Gasteiger partial charge in [0.2, 0.25) is 0 Å². The molecular weight excluding hydrogens is 755 g/mol. The van der Waals surface area contributed by atoms with E-state index in [1.165, 1.54) is 7.11 Å². The second-order valence-corrected chi connectivity index (χ2v) is 28.4. The molecule has 1 aliphatic carbocycles. The summed E-state index contributed by atoms with van der Waals surface area (Å²) in [5.41, 5.74) is 4.96. The van der Waals surface area contributed by atoms with Crippen LogP contribution in [0.2, 0.25) is 51.4 Å². The zero-order chi connectivity index (χ0) is 37.5. The predicted molar refractivity (Wildman–Crippen MR) is 217 cm³/mol. The van der Waals surface area contributed by atoms with Gasteiger partial charge in [-0.2, -0.15) is 9.61 Å². The maximum absolute atomic E-state index is 12.3. The van der Waals surface area contributed by atoms with Crippen LogP contribution in [-0.4, -0.2) is 88.2 Å². The van der Waals surface area contributed by atoms with Gasteiger partial charge < -0.3 is 23.8 Å². The van der Waals surface area contributed by atoms with Crippen LogP contribution in [0.15, 0.2) is 59.3 Å². The van der Waals surface area contributed by atoms with E-state index in [9.17, 15) is 4.79 Å². The third kappa shape index (κ3) is 10.4. The first-order valence-electron chi connectivity index (χ1n) is 18.3. The topological polar surface area (TPSA) is 100 Å². The van der Waals surface area contributed by atoms with E-state index in [-0.39, 0.29) is 18.3 Å². The summed E-state index contributed by atoms with van der Waals surface area (Å²) in [4.78, 5) is 24.7. The molecule has 282 valence electrons. The van der Waals surface area contributed by atoms with Crippen LogP contribution >= 0.6 is 15.9 Å². The van der Waals surface area contributed by atoms with E-state index in [4.69, 9.17) is 34.0 Å². The normalized spacial score (nSPS) is 18.1. The van der Waals surface area contributed by atoms with E-state index in [0.29, 0.717) is 26.7 Å². The van der Waals surface area contributed by atoms with Gasteiger partial charge in [0.25, 0.3) is 0 Å². The summed E-state index contributed by atoms with van der Waals surface area (Å²) < 4.78 is 26.5. The quantitative estimate of drug-likeness (QED) is 0.0447. The Morgan fingerprint density at radius 1 is 0.904 bits per heavy atom. The van der Waals surface area contributed by atoms with Crippen LogP contribution in [0.1, 0.15) is 43.7 Å². The van der Waals surface area contributed by atoms with Crippen molar-refractivity contribution >= 4 is 49.5 Å². The van der Waals surface area contributed by atoms with Gasteiger partial charge in [0.15, 0.2) is 11.5 Å². The number of carbonyl (C=O) groups excluding carboxylic acids is 1. The molecule has 1 fully saturated rings. The molecule has 0 spiro atoms. The van der Waals surface area contributed by atoms with Gasteiger partial charge >= 0.3 is 5.97 Å². The van der Waals surface area contributed by atoms with Crippen LogP contribution < -0.4 is 4.90 Å². The highest BCUT2D eigenvalue weighted by atomic mass is 79.9. The first-order chi connectivity index (χ1) is 24.7. The van der Waals surface area contributed by atoms with Crippen LogP contribution in [0, 0.1) is 0 Å². The number of ether oxygens (including phenoxy) is 4. The molecular formula is C39H56BrN5O5Si2. The molecule has 13 heteroatoms. The monoisotopic (exact) mass is 809 g/mol. The van der Waals surface area contributed by atoms with Gasteiger partial charge in [0.05, 0.1) is 41.2 Å². The highest BCUT2D eigenvalue weighted by Crippen LogP contribution is 2.45. The number of carbonyl (C=O) groups is 1. The van der Waals surface area contributed by atoms with Crippen molar-refractivity contribution in [2.24, 2.45) is 0 Å². The molecule has 10 nitrogen and oxygen atoms in total. The van der Waals surface area contributed by atoms with E-state index < -0.39 is 21.7 Å². The van der Waals surface area contributed by atoms with Crippen LogP contribution in [0.25, 0.3) is 28.0 Å². The number of hydrogen-bond donors (Lipinski definition) is 0. The number of hydrogen-bond acceptors (Lipinski definition) is 9. The maximum Gasteiger partial charge on any atom is 0.308 e. The van der Waals surface area contributed by atoms with Crippen molar-refractivity contribution in [3.05, 3.63) is 65.0 Å². The Morgan fingerprint density at radius 2 is 1.54 bits per heavy atom. The van der Waals surface area contributed by atoms with Crippen molar-refractivity contribution in [2.75, 3.05) is 45.8 Å². The lowest BCUT2D eigenvalue weighted by Gasteiger charge is -2.38. The van der Waals surface area contributed by atoms with Gasteiger partial charge in [0, 0.05) is 65.3 Å². The minimum Gasteiger partial charge on any atom is -0.469 e. The molecule has 52 heavy (non-hydrogen) atoms. The van der Waals surface area contributed by atoms with E-state index in [0.717, 1.165) is 81.8 Å². The van der Waals surface area contributed by atoms with Crippen molar-refractivity contribution in [3.63, 3.8) is 0 Å². The van der Waals surface area contributed by atoms with Crippen LogP contribution in [0.5, 0.6) is 0 Å². The Morgan fingerprint density at radius 3 is 2.08 bits per heavy atom. The minimum atomic E-state index is -1.29. The zero-order valence-electron chi connectivity index (χ0n) is 32.2. The molecule has 0 bridgehead atoms. The van der Waals surface area contributed by atoms with E-state index in [1.807, 2.05) is 41.2 Å². The van der Waals surface area contributed by atoms with Gasteiger partial charge in [0.1, 0.15) is 13.5 Å². The van der Waals surface area contributed by atoms with Crippen molar-refractivity contribution in [1.82, 2.24) is 19.6 Å². The number of halogens is 1. The summed E-state index contributed by atoms with van der Waals surface area (Å²) in [6.45, 7) is 16.3. The van der Waals surface area contributed by atoms with Crippen LogP contribution in [-0.2, 0) is 23.7 Å². The minimum absolute atomic E-state index is 0.128. The predicted octanol–water partition coefficient (Wildman–Crippen LogP) is 9.26. The zero-order valence-corrected chi connectivity index (χ0v) is 35.8. The number of rotatable bonds is 17. The van der Waals surface area contributed by atoms with E-state index in [2.05, 4.69) is 78.3 Å². The summed E-state index contributed by atoms with van der Waals surface area (Å²) in [5, 5.41) is 4.94. The summed E-state index contributed by atoms with van der Waals surface area (Å²) in [7, 11) is 0.549. The Bertz CT molecular complexity index is 1750. The molecule has 4 aromatic rings. The molecule has 1 aromatic carbocycles. The number of methoxy groups -OCH3 is 2. The Kier molecular flexibility index (Phi) is 13.5. The van der Waals surface area contributed by atoms with Crippen molar-refractivity contribution in [1.29, 1.82) is 0 Å². The molecule has 0 saturated heterocycles. The number of anilines is 1. The van der Waals surface area contributed by atoms with Crippen molar-refractivity contribution < 1.29 is 23.7 Å². The molecule has 5 rings (SSSR count). The third-order valence-electron chi connectivity index (χ3n) is 9.93. The second-order valence-electron chi connectivity index (χ2n) is 16.4. The first kappa shape index (κ1) is 40.2. The third-order valence-corrected chi connectivity index (χ3v) is 14.1. The Balaban J connectivity index is 1.55. The van der Waals surface area contributed by atoms with Gasteiger partial charge in [-0.3, -0.25) is 9.78 Å². The standard InChI is InChI=1S/C39H56BrN5O5Si2/c1-47-34(46)24-39(48-2)18-16-30(17-19-39)36-35(40)38(44(27-49-20-22-51(3,4)5)28-50-21-23-52(6,7)8)45-37(43-36)32(26-42-45)31-14-15-33(41-25-31)29-12-10-9-11-13-29/h9-15,25-26,30H,16-24,27-28H2,1-8H3/t30-,39+. The fraction of sp³-hybridized carbons (Fsp3) is 0.538. The highest BCUT2D eigenvalue weighted by molar-refractivity contribution is 9.10. The number of esters is 1. The average molecular weight is 811 g/mol. The lowest BCUT2D eigenvalue weighted by molar-refractivity contribution is -0.149. The molecule has 0 amide bonds. The van der Waals surface area contributed by atoms with E-state index in [1.54, 1.807) is 7.11 Å². The fourth-order valence-electron chi connectivity index (χ4n) is 6.53. The van der Waals surface area contributed by atoms with Gasteiger partial charge in [-0.1, -0.05) is 75.7 Å². The summed E-state index contributed by atoms with van der Waals surface area (Å²) in [6.07, 6.45) is 7.08. The average Bonchev–Trinajstić information content (AvgIpc) is 3.54. The van der Waals surface area contributed by atoms with Gasteiger partial charge in [-0.15, -0.1) is 0 Å². The van der Waals surface area contributed by atoms with Crippen LogP contribution in [0.3, 0.4) is 0 Å².